The van der Waals surface area contributed by atoms with Gasteiger partial charge in [-0.05, 0) is 35.2 Å². The Hall–Kier alpha value is -2.93. The van der Waals surface area contributed by atoms with Crippen molar-refractivity contribution in [2.75, 3.05) is 7.11 Å². The molecule has 0 saturated carbocycles. The highest BCUT2D eigenvalue weighted by Gasteiger charge is 2.35. The van der Waals surface area contributed by atoms with Crippen LogP contribution in [0.2, 0.25) is 0 Å². The summed E-state index contributed by atoms with van der Waals surface area (Å²) < 4.78 is 5.08. The number of ether oxygens (including phenoxy) is 1. The van der Waals surface area contributed by atoms with Crippen molar-refractivity contribution in [3.63, 3.8) is 0 Å². The van der Waals surface area contributed by atoms with Crippen LogP contribution >= 0.6 is 11.3 Å². The van der Waals surface area contributed by atoms with E-state index in [-0.39, 0.29) is 12.1 Å². The fourth-order valence-corrected chi connectivity index (χ4v) is 2.92. The Kier molecular flexibility index (Phi) is 4.43. The number of carbonyl (C=O) groups excluding carboxylic acids is 3. The minimum atomic E-state index is -0.718. The number of carbonyl (C=O) groups is 3. The third kappa shape index (κ3) is 3.21. The highest BCUT2D eigenvalue weighted by atomic mass is 32.1. The molecule has 1 saturated heterocycles. The van der Waals surface area contributed by atoms with Gasteiger partial charge in [0.15, 0.2) is 0 Å². The van der Waals surface area contributed by atoms with Gasteiger partial charge in [-0.1, -0.05) is 18.2 Å². The van der Waals surface area contributed by atoms with Gasteiger partial charge in [-0.15, -0.1) is 11.3 Å². The van der Waals surface area contributed by atoms with Gasteiger partial charge in [0.25, 0.3) is 11.8 Å². The highest BCUT2D eigenvalue weighted by Crippen LogP contribution is 2.20. The maximum Gasteiger partial charge on any atom is 0.331 e. The molecule has 0 aliphatic carbocycles. The Balaban J connectivity index is 1.85. The molecular formula is C17H14N2O4S. The molecule has 6 nitrogen and oxygen atoms in total. The van der Waals surface area contributed by atoms with Gasteiger partial charge in [0.1, 0.15) is 11.3 Å². The first-order valence-electron chi connectivity index (χ1n) is 7.14. The molecule has 122 valence electrons. The molecule has 1 aliphatic heterocycles. The predicted molar refractivity (Wildman–Crippen MR) is 89.4 cm³/mol. The van der Waals surface area contributed by atoms with Crippen LogP contribution in [0, 0.1) is 0 Å². The summed E-state index contributed by atoms with van der Waals surface area (Å²) in [5, 5.41) is 4.05. The summed E-state index contributed by atoms with van der Waals surface area (Å²) in [6.45, 7) is 0.0731. The quantitative estimate of drug-likeness (QED) is 0.684. The second-order valence-electron chi connectivity index (χ2n) is 5.07. The molecule has 1 aliphatic rings. The molecule has 4 amide bonds. The summed E-state index contributed by atoms with van der Waals surface area (Å²) in [5.41, 5.74) is 0.703. The standard InChI is InChI=1S/C17H14N2O4S/c1-23-12-6-4-11(5-7-12)10-19-16(21)14(15(20)18-17(19)22)9-13-3-2-8-24-13/h2-9H,10H2,1H3,(H,18,20,22)/b14-9+. The highest BCUT2D eigenvalue weighted by molar-refractivity contribution is 7.10. The van der Waals surface area contributed by atoms with E-state index in [0.717, 1.165) is 15.3 Å². The number of nitrogens with one attached hydrogen (secondary N) is 1. The lowest BCUT2D eigenvalue weighted by atomic mass is 10.1. The molecule has 0 unspecified atom stereocenters. The van der Waals surface area contributed by atoms with E-state index < -0.39 is 17.8 Å². The molecule has 1 aromatic carbocycles. The first kappa shape index (κ1) is 15.9. The minimum absolute atomic E-state index is 0.0504. The summed E-state index contributed by atoms with van der Waals surface area (Å²) in [5.74, 6) is -0.598. The zero-order valence-corrected chi connectivity index (χ0v) is 13.6. The number of benzene rings is 1. The van der Waals surface area contributed by atoms with Crippen molar-refractivity contribution in [3.05, 3.63) is 57.8 Å². The van der Waals surface area contributed by atoms with E-state index in [0.29, 0.717) is 5.75 Å². The Labute approximate surface area is 142 Å². The van der Waals surface area contributed by atoms with Crippen molar-refractivity contribution in [2.24, 2.45) is 0 Å². The Morgan fingerprint density at radius 2 is 1.92 bits per heavy atom. The van der Waals surface area contributed by atoms with Gasteiger partial charge in [0.05, 0.1) is 13.7 Å². The SMILES string of the molecule is COc1ccc(CN2C(=O)NC(=O)/C(=C\c3cccs3)C2=O)cc1. The summed E-state index contributed by atoms with van der Waals surface area (Å²) in [4.78, 5) is 38.3. The van der Waals surface area contributed by atoms with Gasteiger partial charge >= 0.3 is 6.03 Å². The zero-order chi connectivity index (χ0) is 17.1. The summed E-state index contributed by atoms with van der Waals surface area (Å²) in [6, 6.07) is 9.91. The Bertz CT molecular complexity index is 810. The van der Waals surface area contributed by atoms with Crippen LogP contribution in [0.15, 0.2) is 47.4 Å². The van der Waals surface area contributed by atoms with Crippen LogP contribution in [0.5, 0.6) is 5.75 Å². The Morgan fingerprint density at radius 3 is 2.54 bits per heavy atom. The smallest absolute Gasteiger partial charge is 0.331 e. The van der Waals surface area contributed by atoms with Gasteiger partial charge in [0.2, 0.25) is 0 Å². The second kappa shape index (κ2) is 6.67. The van der Waals surface area contributed by atoms with Crippen molar-refractivity contribution in [3.8, 4) is 5.75 Å². The van der Waals surface area contributed by atoms with E-state index in [9.17, 15) is 14.4 Å². The first-order valence-corrected chi connectivity index (χ1v) is 8.02. The lowest BCUT2D eigenvalue weighted by molar-refractivity contribution is -0.130. The molecule has 3 rings (SSSR count). The molecule has 0 radical (unpaired) electrons. The minimum Gasteiger partial charge on any atom is -0.497 e. The van der Waals surface area contributed by atoms with Crippen LogP contribution in [0.3, 0.4) is 0 Å². The molecule has 0 spiro atoms. The lowest BCUT2D eigenvalue weighted by Gasteiger charge is -2.26. The number of thiophene rings is 1. The van der Waals surface area contributed by atoms with Crippen LogP contribution in [-0.4, -0.2) is 29.9 Å². The second-order valence-corrected chi connectivity index (χ2v) is 6.05. The number of urea groups is 1. The molecule has 7 heteroatoms. The molecule has 0 bridgehead atoms. The largest absolute Gasteiger partial charge is 0.497 e. The summed E-state index contributed by atoms with van der Waals surface area (Å²) in [6.07, 6.45) is 1.50. The number of imide groups is 2. The molecular weight excluding hydrogens is 328 g/mol. The number of nitrogens with zero attached hydrogens (tertiary/aromatic N) is 1. The Morgan fingerprint density at radius 1 is 1.17 bits per heavy atom. The topological polar surface area (TPSA) is 75.7 Å². The van der Waals surface area contributed by atoms with Crippen LogP contribution < -0.4 is 10.1 Å². The molecule has 1 N–H and O–H groups in total. The number of hydrogen-bond acceptors (Lipinski definition) is 5. The first-order chi connectivity index (χ1) is 11.6. The average molecular weight is 342 g/mol. The van der Waals surface area contributed by atoms with Crippen LogP contribution in [0.25, 0.3) is 6.08 Å². The number of rotatable bonds is 4. The van der Waals surface area contributed by atoms with E-state index in [1.54, 1.807) is 37.4 Å². The summed E-state index contributed by atoms with van der Waals surface area (Å²) >= 11 is 1.40. The van der Waals surface area contributed by atoms with E-state index in [1.807, 2.05) is 11.4 Å². The fraction of sp³-hybridized carbons (Fsp3) is 0.118. The zero-order valence-electron chi connectivity index (χ0n) is 12.8. The maximum atomic E-state index is 12.6. The fourth-order valence-electron chi connectivity index (χ4n) is 2.27. The molecule has 0 atom stereocenters. The van der Waals surface area contributed by atoms with Crippen molar-refractivity contribution < 1.29 is 19.1 Å². The maximum absolute atomic E-state index is 12.6. The van der Waals surface area contributed by atoms with E-state index in [1.165, 1.54) is 17.4 Å². The third-order valence-corrected chi connectivity index (χ3v) is 4.33. The average Bonchev–Trinajstić information content (AvgIpc) is 3.09. The van der Waals surface area contributed by atoms with E-state index >= 15 is 0 Å². The molecule has 1 fully saturated rings. The number of hydrogen-bond donors (Lipinski definition) is 1. The van der Waals surface area contributed by atoms with Crippen molar-refractivity contribution >= 4 is 35.3 Å². The third-order valence-electron chi connectivity index (χ3n) is 3.52. The summed E-state index contributed by atoms with van der Waals surface area (Å²) in [7, 11) is 1.56. The normalized spacial score (nSPS) is 16.5. The number of amides is 4. The van der Waals surface area contributed by atoms with E-state index in [2.05, 4.69) is 5.32 Å². The van der Waals surface area contributed by atoms with Crippen LogP contribution in [0.1, 0.15) is 10.4 Å². The van der Waals surface area contributed by atoms with Crippen molar-refractivity contribution in [2.45, 2.75) is 6.54 Å². The van der Waals surface area contributed by atoms with Crippen molar-refractivity contribution in [1.29, 1.82) is 0 Å². The van der Waals surface area contributed by atoms with Crippen molar-refractivity contribution in [1.82, 2.24) is 10.2 Å². The predicted octanol–water partition coefficient (Wildman–Crippen LogP) is 2.42. The lowest BCUT2D eigenvalue weighted by Crippen LogP contribution is -2.53. The molecule has 2 heterocycles. The van der Waals surface area contributed by atoms with Gasteiger partial charge in [-0.2, -0.15) is 0 Å². The molecule has 2 aromatic rings. The molecule has 24 heavy (non-hydrogen) atoms. The number of barbiturate groups is 1. The van der Waals surface area contributed by atoms with Gasteiger partial charge in [-0.3, -0.25) is 19.8 Å². The molecule has 1 aromatic heterocycles. The van der Waals surface area contributed by atoms with Gasteiger partial charge in [0, 0.05) is 4.88 Å². The monoisotopic (exact) mass is 342 g/mol. The van der Waals surface area contributed by atoms with Gasteiger partial charge < -0.3 is 4.74 Å². The van der Waals surface area contributed by atoms with Crippen LogP contribution in [-0.2, 0) is 16.1 Å². The number of methoxy groups -OCH3 is 1. The van der Waals surface area contributed by atoms with Gasteiger partial charge in [-0.25, -0.2) is 4.79 Å². The van der Waals surface area contributed by atoms with E-state index in [4.69, 9.17) is 4.74 Å². The van der Waals surface area contributed by atoms with Crippen LogP contribution in [0.4, 0.5) is 4.79 Å².